The minimum absolute atomic E-state index is 0.0776. The quantitative estimate of drug-likeness (QED) is 0.573. The standard InChI is InChI=1S/C18H16ClN3O3S2/c19-14-6-4-5-13(11-14)18-22-16(12-26-18)17(23)20-9-10-21-27(24,25)15-7-2-1-3-8-15/h1-8,11-12,21H,9-10H2,(H,20,23). The van der Waals surface area contributed by atoms with Crippen LogP contribution in [0, 0.1) is 0 Å². The lowest BCUT2D eigenvalue weighted by Crippen LogP contribution is -2.34. The number of carbonyl (C=O) groups excluding carboxylic acids is 1. The molecule has 0 radical (unpaired) electrons. The lowest BCUT2D eigenvalue weighted by Gasteiger charge is -2.07. The van der Waals surface area contributed by atoms with E-state index < -0.39 is 10.0 Å². The molecule has 140 valence electrons. The Labute approximate surface area is 166 Å². The first-order valence-corrected chi connectivity index (χ1v) is 10.7. The summed E-state index contributed by atoms with van der Waals surface area (Å²) in [5.74, 6) is -0.363. The van der Waals surface area contributed by atoms with E-state index in [4.69, 9.17) is 11.6 Å². The van der Waals surface area contributed by atoms with Gasteiger partial charge in [0.05, 0.1) is 4.90 Å². The van der Waals surface area contributed by atoms with Gasteiger partial charge in [-0.2, -0.15) is 0 Å². The van der Waals surface area contributed by atoms with E-state index >= 15 is 0 Å². The normalized spacial score (nSPS) is 11.3. The van der Waals surface area contributed by atoms with Crippen LogP contribution in [0.2, 0.25) is 5.02 Å². The van der Waals surface area contributed by atoms with Gasteiger partial charge in [-0.05, 0) is 24.3 Å². The summed E-state index contributed by atoms with van der Waals surface area (Å²) in [5.41, 5.74) is 1.11. The maximum atomic E-state index is 12.2. The highest BCUT2D eigenvalue weighted by atomic mass is 35.5. The fourth-order valence-corrected chi connectivity index (χ4v) is 4.31. The van der Waals surface area contributed by atoms with Crippen LogP contribution in [0.25, 0.3) is 10.6 Å². The largest absolute Gasteiger partial charge is 0.349 e. The second-order valence-corrected chi connectivity index (χ2v) is 8.58. The van der Waals surface area contributed by atoms with Gasteiger partial charge in [0.25, 0.3) is 5.91 Å². The zero-order valence-corrected chi connectivity index (χ0v) is 16.4. The van der Waals surface area contributed by atoms with Crippen LogP contribution in [0.15, 0.2) is 64.9 Å². The zero-order chi connectivity index (χ0) is 19.3. The molecule has 0 aliphatic rings. The Morgan fingerprint density at radius 1 is 1.07 bits per heavy atom. The Kier molecular flexibility index (Phi) is 6.22. The molecule has 2 aromatic carbocycles. The maximum Gasteiger partial charge on any atom is 0.270 e. The summed E-state index contributed by atoms with van der Waals surface area (Å²) in [6, 6.07) is 15.3. The van der Waals surface area contributed by atoms with Crippen molar-refractivity contribution in [2.45, 2.75) is 4.90 Å². The number of amides is 1. The lowest BCUT2D eigenvalue weighted by molar-refractivity contribution is 0.0950. The van der Waals surface area contributed by atoms with E-state index in [-0.39, 0.29) is 29.6 Å². The Bertz CT molecular complexity index is 1040. The highest BCUT2D eigenvalue weighted by Crippen LogP contribution is 2.25. The van der Waals surface area contributed by atoms with Gasteiger partial charge in [-0.25, -0.2) is 18.1 Å². The summed E-state index contributed by atoms with van der Waals surface area (Å²) >= 11 is 7.31. The van der Waals surface area contributed by atoms with Gasteiger partial charge in [0.1, 0.15) is 10.7 Å². The van der Waals surface area contributed by atoms with Crippen molar-refractivity contribution < 1.29 is 13.2 Å². The molecule has 0 aliphatic heterocycles. The number of sulfonamides is 1. The van der Waals surface area contributed by atoms with Gasteiger partial charge in [-0.1, -0.05) is 41.9 Å². The molecule has 0 spiro atoms. The number of thiazole rings is 1. The van der Waals surface area contributed by atoms with Crippen LogP contribution in [0.1, 0.15) is 10.5 Å². The number of rotatable bonds is 7. The van der Waals surface area contributed by atoms with Gasteiger partial charge in [-0.15, -0.1) is 11.3 Å². The number of hydrogen-bond donors (Lipinski definition) is 2. The molecule has 27 heavy (non-hydrogen) atoms. The molecule has 1 heterocycles. The van der Waals surface area contributed by atoms with Crippen molar-refractivity contribution in [2.75, 3.05) is 13.1 Å². The third-order valence-corrected chi connectivity index (χ3v) is 6.17. The molecule has 3 rings (SSSR count). The van der Waals surface area contributed by atoms with E-state index in [9.17, 15) is 13.2 Å². The summed E-state index contributed by atoms with van der Waals surface area (Å²) in [6.07, 6.45) is 0. The SMILES string of the molecule is O=C(NCCNS(=O)(=O)c1ccccc1)c1csc(-c2cccc(Cl)c2)n1. The van der Waals surface area contributed by atoms with Gasteiger partial charge in [0.15, 0.2) is 0 Å². The Morgan fingerprint density at radius 2 is 1.85 bits per heavy atom. The second-order valence-electron chi connectivity index (χ2n) is 5.51. The molecule has 1 aromatic heterocycles. The first-order valence-electron chi connectivity index (χ1n) is 8.00. The number of carbonyl (C=O) groups is 1. The van der Waals surface area contributed by atoms with E-state index in [1.807, 2.05) is 12.1 Å². The molecule has 0 atom stereocenters. The van der Waals surface area contributed by atoms with Crippen molar-refractivity contribution >= 4 is 38.9 Å². The minimum Gasteiger partial charge on any atom is -0.349 e. The number of aromatic nitrogens is 1. The molecule has 2 N–H and O–H groups in total. The maximum absolute atomic E-state index is 12.2. The molecule has 6 nitrogen and oxygen atoms in total. The monoisotopic (exact) mass is 421 g/mol. The smallest absolute Gasteiger partial charge is 0.270 e. The van der Waals surface area contributed by atoms with E-state index in [0.717, 1.165) is 5.56 Å². The van der Waals surface area contributed by atoms with Crippen LogP contribution in [-0.4, -0.2) is 32.4 Å². The fraction of sp³-hybridized carbons (Fsp3) is 0.111. The summed E-state index contributed by atoms with van der Waals surface area (Å²) in [4.78, 5) is 16.7. The highest BCUT2D eigenvalue weighted by Gasteiger charge is 2.14. The molecule has 1 amide bonds. The molecule has 0 fully saturated rings. The molecule has 0 saturated carbocycles. The van der Waals surface area contributed by atoms with E-state index in [1.165, 1.54) is 23.5 Å². The van der Waals surface area contributed by atoms with Crippen LogP contribution in [0.4, 0.5) is 0 Å². The molecule has 0 bridgehead atoms. The third-order valence-electron chi connectivity index (χ3n) is 3.56. The van der Waals surface area contributed by atoms with Crippen molar-refractivity contribution in [3.63, 3.8) is 0 Å². The Balaban J connectivity index is 1.53. The first-order chi connectivity index (χ1) is 13.0. The lowest BCUT2D eigenvalue weighted by atomic mass is 10.2. The van der Waals surface area contributed by atoms with Crippen LogP contribution in [0.3, 0.4) is 0 Å². The number of nitrogens with one attached hydrogen (secondary N) is 2. The summed E-state index contributed by atoms with van der Waals surface area (Å²) in [7, 11) is -3.59. The summed E-state index contributed by atoms with van der Waals surface area (Å²) in [5, 5.41) is 5.59. The number of benzene rings is 2. The Morgan fingerprint density at radius 3 is 2.59 bits per heavy atom. The highest BCUT2D eigenvalue weighted by molar-refractivity contribution is 7.89. The van der Waals surface area contributed by atoms with E-state index in [0.29, 0.717) is 10.0 Å². The first kappa shape index (κ1) is 19.5. The molecular formula is C18H16ClN3O3S2. The molecule has 0 unspecified atom stereocenters. The van der Waals surface area contributed by atoms with E-state index in [2.05, 4.69) is 15.0 Å². The topological polar surface area (TPSA) is 88.2 Å². The van der Waals surface area contributed by atoms with Crippen LogP contribution < -0.4 is 10.0 Å². The van der Waals surface area contributed by atoms with Crippen molar-refractivity contribution in [1.29, 1.82) is 0 Å². The third kappa shape index (κ3) is 5.14. The zero-order valence-electron chi connectivity index (χ0n) is 14.1. The van der Waals surface area contributed by atoms with Crippen molar-refractivity contribution in [2.24, 2.45) is 0 Å². The molecule has 3 aromatic rings. The average Bonchev–Trinajstić information content (AvgIpc) is 3.16. The number of nitrogens with zero attached hydrogens (tertiary/aromatic N) is 1. The van der Waals surface area contributed by atoms with Gasteiger partial charge in [0.2, 0.25) is 10.0 Å². The van der Waals surface area contributed by atoms with Crippen molar-refractivity contribution in [1.82, 2.24) is 15.0 Å². The van der Waals surface area contributed by atoms with Crippen molar-refractivity contribution in [3.05, 3.63) is 70.7 Å². The predicted octanol–water partition coefficient (Wildman–Crippen LogP) is 3.17. The van der Waals surface area contributed by atoms with Crippen LogP contribution in [-0.2, 0) is 10.0 Å². The molecule has 9 heteroatoms. The summed E-state index contributed by atoms with van der Waals surface area (Å²) < 4.78 is 26.6. The minimum atomic E-state index is -3.59. The fourth-order valence-electron chi connectivity index (χ4n) is 2.27. The second kappa shape index (κ2) is 8.62. The number of halogens is 1. The Hall–Kier alpha value is -2.26. The molecule has 0 saturated heterocycles. The van der Waals surface area contributed by atoms with Gasteiger partial charge < -0.3 is 5.32 Å². The molecular weight excluding hydrogens is 406 g/mol. The predicted molar refractivity (Wildman–Crippen MR) is 107 cm³/mol. The molecule has 0 aliphatic carbocycles. The van der Waals surface area contributed by atoms with Gasteiger partial charge >= 0.3 is 0 Å². The summed E-state index contributed by atoms with van der Waals surface area (Å²) in [6.45, 7) is 0.225. The average molecular weight is 422 g/mol. The van der Waals surface area contributed by atoms with Gasteiger partial charge in [-0.3, -0.25) is 4.79 Å². The van der Waals surface area contributed by atoms with E-state index in [1.54, 1.807) is 35.7 Å². The van der Waals surface area contributed by atoms with Crippen LogP contribution >= 0.6 is 22.9 Å². The van der Waals surface area contributed by atoms with Crippen molar-refractivity contribution in [3.8, 4) is 10.6 Å². The number of hydrogen-bond acceptors (Lipinski definition) is 5. The van der Waals surface area contributed by atoms with Crippen LogP contribution in [0.5, 0.6) is 0 Å². The van der Waals surface area contributed by atoms with Gasteiger partial charge in [0, 0.05) is 29.1 Å².